The molecule has 6 rings (SSSR count). The van der Waals surface area contributed by atoms with Crippen LogP contribution in [0.3, 0.4) is 0 Å². The van der Waals surface area contributed by atoms with Crippen molar-refractivity contribution in [3.8, 4) is 28.2 Å². The Bertz CT molecular complexity index is 1630. The van der Waals surface area contributed by atoms with Gasteiger partial charge in [0, 0.05) is 23.7 Å². The predicted molar refractivity (Wildman–Crippen MR) is 153 cm³/mol. The largest absolute Gasteiger partial charge is 0.302 e. The van der Waals surface area contributed by atoms with Gasteiger partial charge in [-0.15, -0.1) is 0 Å². The summed E-state index contributed by atoms with van der Waals surface area (Å²) in [7, 11) is 2.16. The van der Waals surface area contributed by atoms with Crippen LogP contribution in [-0.4, -0.2) is 14.1 Å². The van der Waals surface area contributed by atoms with Gasteiger partial charge in [-0.1, -0.05) is 70.2 Å². The van der Waals surface area contributed by atoms with E-state index in [0.29, 0.717) is 11.8 Å². The maximum atomic E-state index is 4.96. The van der Waals surface area contributed by atoms with E-state index in [9.17, 15) is 0 Å². The third-order valence-electron chi connectivity index (χ3n) is 7.67. The number of rotatable bonds is 5. The van der Waals surface area contributed by atoms with E-state index in [1.807, 2.05) is 0 Å². The Morgan fingerprint density at radius 3 is 2.27 bits per heavy atom. The summed E-state index contributed by atoms with van der Waals surface area (Å²) >= 11 is 0. The highest BCUT2D eigenvalue weighted by Gasteiger charge is 2.30. The maximum Gasteiger partial charge on any atom is 0.296 e. The summed E-state index contributed by atoms with van der Waals surface area (Å²) in [5.74, 6) is 3.04. The molecular weight excluding hydrogens is 452 g/mol. The van der Waals surface area contributed by atoms with Crippen molar-refractivity contribution in [1.82, 2.24) is 14.1 Å². The van der Waals surface area contributed by atoms with Crippen molar-refractivity contribution < 1.29 is 4.57 Å². The molecular formula is C33H35N4+. The molecule has 37 heavy (non-hydrogen) atoms. The minimum atomic E-state index is 0.371. The average Bonchev–Trinajstić information content (AvgIpc) is 3.59. The van der Waals surface area contributed by atoms with E-state index in [1.54, 1.807) is 0 Å². The van der Waals surface area contributed by atoms with Gasteiger partial charge in [-0.05, 0) is 53.6 Å². The van der Waals surface area contributed by atoms with E-state index < -0.39 is 0 Å². The number of benzene rings is 3. The number of aromatic nitrogens is 4. The van der Waals surface area contributed by atoms with Crippen molar-refractivity contribution in [1.29, 1.82) is 0 Å². The number of imidazole rings is 2. The highest BCUT2D eigenvalue weighted by Crippen LogP contribution is 2.39. The molecule has 0 spiro atoms. The van der Waals surface area contributed by atoms with Gasteiger partial charge in [-0.2, -0.15) is 4.57 Å². The average molecular weight is 488 g/mol. The Morgan fingerprint density at radius 1 is 0.892 bits per heavy atom. The fourth-order valence-corrected chi connectivity index (χ4v) is 5.78. The summed E-state index contributed by atoms with van der Waals surface area (Å²) in [6.07, 6.45) is 9.68. The molecule has 0 saturated heterocycles. The van der Waals surface area contributed by atoms with Gasteiger partial charge in [-0.3, -0.25) is 0 Å². The molecule has 0 amide bonds. The summed E-state index contributed by atoms with van der Waals surface area (Å²) in [6.45, 7) is 11.4. The van der Waals surface area contributed by atoms with Crippen LogP contribution >= 0.6 is 0 Å². The maximum absolute atomic E-state index is 4.96. The standard InChI is InChI=1S/C33H35N4/c1-21(2)26-19-25(24-11-8-7-9-12-24)20-27(22(3)4)31(26)37-18-17-35(6)33(37)30-23(5)14-15-28-32(30)36-16-10-13-29(36)34-28/h7-12,14-22H,13H2,1-6H3/q+1. The highest BCUT2D eigenvalue weighted by molar-refractivity contribution is 5.94. The number of fused-ring (bicyclic) bond motifs is 3. The molecule has 3 heterocycles. The van der Waals surface area contributed by atoms with Crippen LogP contribution in [0, 0.1) is 6.92 Å². The fourth-order valence-electron chi connectivity index (χ4n) is 5.78. The summed E-state index contributed by atoms with van der Waals surface area (Å²) in [6, 6.07) is 19.9. The predicted octanol–water partition coefficient (Wildman–Crippen LogP) is 7.57. The number of hydrogen-bond acceptors (Lipinski definition) is 1. The first-order valence-electron chi connectivity index (χ1n) is 13.3. The second-order valence-corrected chi connectivity index (χ2v) is 10.9. The van der Waals surface area contributed by atoms with Crippen LogP contribution in [0.1, 0.15) is 62.0 Å². The van der Waals surface area contributed by atoms with Gasteiger partial charge in [-0.25, -0.2) is 9.55 Å². The van der Waals surface area contributed by atoms with Gasteiger partial charge in [0.25, 0.3) is 5.82 Å². The Hall–Kier alpha value is -3.92. The van der Waals surface area contributed by atoms with Gasteiger partial charge in [0.1, 0.15) is 23.9 Å². The zero-order valence-electron chi connectivity index (χ0n) is 22.7. The van der Waals surface area contributed by atoms with E-state index >= 15 is 0 Å². The molecule has 1 aliphatic rings. The molecule has 5 aromatic rings. The van der Waals surface area contributed by atoms with E-state index in [1.165, 1.54) is 50.4 Å². The lowest BCUT2D eigenvalue weighted by atomic mass is 9.88. The zero-order chi connectivity index (χ0) is 25.8. The zero-order valence-corrected chi connectivity index (χ0v) is 22.7. The molecule has 0 aliphatic carbocycles. The quantitative estimate of drug-likeness (QED) is 0.235. The van der Waals surface area contributed by atoms with Crippen LogP contribution in [-0.2, 0) is 13.5 Å². The molecule has 1 aliphatic heterocycles. The number of allylic oxidation sites excluding steroid dienone is 1. The van der Waals surface area contributed by atoms with Gasteiger partial charge in [0.05, 0.1) is 23.6 Å². The van der Waals surface area contributed by atoms with E-state index in [-0.39, 0.29) is 0 Å². The van der Waals surface area contributed by atoms with Crippen molar-refractivity contribution in [2.45, 2.75) is 52.9 Å². The van der Waals surface area contributed by atoms with Crippen LogP contribution in [0.15, 0.2) is 73.1 Å². The first-order valence-corrected chi connectivity index (χ1v) is 13.3. The van der Waals surface area contributed by atoms with Gasteiger partial charge < -0.3 is 4.57 Å². The van der Waals surface area contributed by atoms with Gasteiger partial charge >= 0.3 is 0 Å². The molecule has 0 bridgehead atoms. The molecule has 2 aromatic heterocycles. The van der Waals surface area contributed by atoms with Crippen LogP contribution < -0.4 is 4.57 Å². The van der Waals surface area contributed by atoms with E-state index in [2.05, 4.69) is 135 Å². The lowest BCUT2D eigenvalue weighted by Crippen LogP contribution is -2.29. The second-order valence-electron chi connectivity index (χ2n) is 10.9. The van der Waals surface area contributed by atoms with Gasteiger partial charge in [0.15, 0.2) is 0 Å². The first kappa shape index (κ1) is 23.5. The minimum absolute atomic E-state index is 0.371. The lowest BCUT2D eigenvalue weighted by molar-refractivity contribution is -0.659. The fraction of sp³-hybridized carbons (Fsp3) is 0.273. The molecule has 0 fully saturated rings. The minimum Gasteiger partial charge on any atom is -0.302 e. The monoisotopic (exact) mass is 487 g/mol. The Labute approximate surface area is 219 Å². The molecule has 0 radical (unpaired) electrons. The summed E-state index contributed by atoms with van der Waals surface area (Å²) in [4.78, 5) is 4.96. The third-order valence-corrected chi connectivity index (χ3v) is 7.67. The molecule has 4 heteroatoms. The summed E-state index contributed by atoms with van der Waals surface area (Å²) < 4.78 is 6.97. The molecule has 0 atom stereocenters. The van der Waals surface area contributed by atoms with Crippen molar-refractivity contribution >= 4 is 17.2 Å². The number of nitrogens with zero attached hydrogens (tertiary/aromatic N) is 4. The van der Waals surface area contributed by atoms with Crippen molar-refractivity contribution in [3.63, 3.8) is 0 Å². The molecule has 3 aromatic carbocycles. The van der Waals surface area contributed by atoms with E-state index in [0.717, 1.165) is 17.8 Å². The lowest BCUT2D eigenvalue weighted by Gasteiger charge is -2.20. The number of aryl methyl sites for hydroxylation is 2. The van der Waals surface area contributed by atoms with Crippen LogP contribution in [0.4, 0.5) is 0 Å². The SMILES string of the molecule is Cc1ccc2nc3n(c2c1-c1n(-c2c(C(C)C)cc(-c4ccccc4)cc2C(C)C)cc[n+]1C)C=CC3. The van der Waals surface area contributed by atoms with Gasteiger partial charge in [0.2, 0.25) is 0 Å². The molecule has 0 unspecified atom stereocenters. The summed E-state index contributed by atoms with van der Waals surface area (Å²) in [5.41, 5.74) is 11.3. The van der Waals surface area contributed by atoms with Crippen molar-refractivity contribution in [3.05, 3.63) is 95.6 Å². The van der Waals surface area contributed by atoms with E-state index in [4.69, 9.17) is 4.98 Å². The van der Waals surface area contributed by atoms with Crippen LogP contribution in [0.25, 0.3) is 45.4 Å². The molecule has 0 N–H and O–H groups in total. The number of hydrogen-bond donors (Lipinski definition) is 0. The third kappa shape index (κ3) is 3.74. The Kier molecular flexibility index (Phi) is 5.63. The Balaban J connectivity index is 1.68. The van der Waals surface area contributed by atoms with Crippen molar-refractivity contribution in [2.75, 3.05) is 0 Å². The molecule has 0 saturated carbocycles. The normalized spacial score (nSPS) is 12.9. The molecule has 186 valence electrons. The first-order chi connectivity index (χ1) is 17.8. The Morgan fingerprint density at radius 2 is 1.59 bits per heavy atom. The summed E-state index contributed by atoms with van der Waals surface area (Å²) in [5, 5.41) is 0. The van der Waals surface area contributed by atoms with Crippen LogP contribution in [0.2, 0.25) is 0 Å². The smallest absolute Gasteiger partial charge is 0.296 e. The van der Waals surface area contributed by atoms with Crippen molar-refractivity contribution in [2.24, 2.45) is 7.05 Å². The second kappa shape index (κ2) is 8.88. The topological polar surface area (TPSA) is 26.6 Å². The highest BCUT2D eigenvalue weighted by atomic mass is 15.2. The molecule has 4 nitrogen and oxygen atoms in total. The van der Waals surface area contributed by atoms with Crippen LogP contribution in [0.5, 0.6) is 0 Å².